The minimum absolute atomic E-state index is 0.0602. The maximum absolute atomic E-state index is 12.7. The van der Waals surface area contributed by atoms with Gasteiger partial charge in [-0.3, -0.25) is 0 Å². The van der Waals surface area contributed by atoms with Gasteiger partial charge in [-0.2, -0.15) is 4.31 Å². The first-order valence-corrected chi connectivity index (χ1v) is 9.12. The van der Waals surface area contributed by atoms with Gasteiger partial charge in [0.2, 0.25) is 10.0 Å². The van der Waals surface area contributed by atoms with Crippen molar-refractivity contribution in [3.8, 4) is 0 Å². The molecule has 1 N–H and O–H groups in total. The molecule has 2 rings (SSSR count). The molecule has 0 spiro atoms. The fourth-order valence-corrected chi connectivity index (χ4v) is 4.78. The SMILES string of the molecule is CCCN(CC1CC1)S(=O)(=O)c1ccc(C(=O)O)cc1Br. The zero-order chi connectivity index (χ0) is 15.6. The van der Waals surface area contributed by atoms with E-state index in [9.17, 15) is 13.2 Å². The molecule has 5 nitrogen and oxygen atoms in total. The summed E-state index contributed by atoms with van der Waals surface area (Å²) in [5.41, 5.74) is 0.0602. The highest BCUT2D eigenvalue weighted by atomic mass is 79.9. The molecule has 0 radical (unpaired) electrons. The lowest BCUT2D eigenvalue weighted by atomic mass is 10.2. The Bertz CT molecular complexity index is 640. The zero-order valence-corrected chi connectivity index (χ0v) is 14.2. The third kappa shape index (κ3) is 3.84. The van der Waals surface area contributed by atoms with E-state index >= 15 is 0 Å². The summed E-state index contributed by atoms with van der Waals surface area (Å²) in [4.78, 5) is 11.1. The van der Waals surface area contributed by atoms with Crippen LogP contribution in [0.25, 0.3) is 0 Å². The Morgan fingerprint density at radius 3 is 2.57 bits per heavy atom. The van der Waals surface area contributed by atoms with Crippen molar-refractivity contribution in [1.82, 2.24) is 4.31 Å². The molecule has 0 heterocycles. The van der Waals surface area contributed by atoms with Crippen molar-refractivity contribution < 1.29 is 18.3 Å². The van der Waals surface area contributed by atoms with Crippen LogP contribution in [0.3, 0.4) is 0 Å². The van der Waals surface area contributed by atoms with E-state index in [2.05, 4.69) is 15.9 Å². The number of halogens is 1. The van der Waals surface area contributed by atoms with Crippen LogP contribution >= 0.6 is 15.9 Å². The highest BCUT2D eigenvalue weighted by molar-refractivity contribution is 9.10. The van der Waals surface area contributed by atoms with Gasteiger partial charge in [0.1, 0.15) is 0 Å². The molecule has 1 fully saturated rings. The summed E-state index contributed by atoms with van der Waals surface area (Å²) < 4.78 is 27.3. The number of hydrogen-bond donors (Lipinski definition) is 1. The fraction of sp³-hybridized carbons (Fsp3) is 0.500. The molecule has 0 amide bonds. The van der Waals surface area contributed by atoms with Crippen LogP contribution in [0.2, 0.25) is 0 Å². The molecular formula is C14H18BrNO4S. The van der Waals surface area contributed by atoms with Crippen molar-refractivity contribution in [3.05, 3.63) is 28.2 Å². The van der Waals surface area contributed by atoms with E-state index in [-0.39, 0.29) is 10.5 Å². The van der Waals surface area contributed by atoms with E-state index in [1.165, 1.54) is 22.5 Å². The van der Waals surface area contributed by atoms with Crippen LogP contribution in [0.4, 0.5) is 0 Å². The standard InChI is InChI=1S/C14H18BrNO4S/c1-2-7-16(9-10-3-4-10)21(19,20)13-6-5-11(14(17)18)8-12(13)15/h5-6,8,10H,2-4,7,9H2,1H3,(H,17,18). The summed E-state index contributed by atoms with van der Waals surface area (Å²) in [5.74, 6) is -0.619. The maximum Gasteiger partial charge on any atom is 0.335 e. The first kappa shape index (κ1) is 16.5. The predicted octanol–water partition coefficient (Wildman–Crippen LogP) is 2.96. The number of carboxylic acids is 1. The molecule has 0 aromatic heterocycles. The van der Waals surface area contributed by atoms with Crippen molar-refractivity contribution in [2.75, 3.05) is 13.1 Å². The van der Waals surface area contributed by atoms with Crippen LogP contribution in [0, 0.1) is 5.92 Å². The summed E-state index contributed by atoms with van der Waals surface area (Å²) in [6, 6.07) is 4.01. The highest BCUT2D eigenvalue weighted by Crippen LogP contribution is 2.33. The Morgan fingerprint density at radius 2 is 2.10 bits per heavy atom. The third-order valence-electron chi connectivity index (χ3n) is 3.43. The molecule has 21 heavy (non-hydrogen) atoms. The summed E-state index contributed by atoms with van der Waals surface area (Å²) >= 11 is 3.18. The second-order valence-corrected chi connectivity index (χ2v) is 8.02. The van der Waals surface area contributed by atoms with Crippen LogP contribution in [-0.2, 0) is 10.0 Å². The fourth-order valence-electron chi connectivity index (χ4n) is 2.13. The molecule has 1 aliphatic carbocycles. The number of nitrogens with zero attached hydrogens (tertiary/aromatic N) is 1. The molecule has 1 aromatic rings. The second-order valence-electron chi connectivity index (χ2n) is 5.26. The number of sulfonamides is 1. The Labute approximate surface area is 133 Å². The van der Waals surface area contributed by atoms with Gasteiger partial charge in [0.15, 0.2) is 0 Å². The average molecular weight is 376 g/mol. The Kier molecular flexibility index (Phi) is 5.06. The van der Waals surface area contributed by atoms with Gasteiger partial charge < -0.3 is 5.11 Å². The van der Waals surface area contributed by atoms with E-state index in [1.54, 1.807) is 0 Å². The molecule has 0 aliphatic heterocycles. The molecule has 1 aliphatic rings. The van der Waals surface area contributed by atoms with Gasteiger partial charge in [-0.25, -0.2) is 13.2 Å². The van der Waals surface area contributed by atoms with Crippen molar-refractivity contribution in [3.63, 3.8) is 0 Å². The van der Waals surface area contributed by atoms with Crippen LogP contribution < -0.4 is 0 Å². The number of carbonyl (C=O) groups is 1. The Balaban J connectivity index is 2.34. The Morgan fingerprint density at radius 1 is 1.43 bits per heavy atom. The predicted molar refractivity (Wildman–Crippen MR) is 82.9 cm³/mol. The van der Waals surface area contributed by atoms with Crippen molar-refractivity contribution in [1.29, 1.82) is 0 Å². The van der Waals surface area contributed by atoms with Crippen LogP contribution in [0.1, 0.15) is 36.5 Å². The third-order valence-corrected chi connectivity index (χ3v) is 6.27. The zero-order valence-electron chi connectivity index (χ0n) is 11.8. The molecule has 1 saturated carbocycles. The van der Waals surface area contributed by atoms with Gasteiger partial charge in [0, 0.05) is 17.6 Å². The second kappa shape index (κ2) is 6.46. The number of aromatic carboxylic acids is 1. The van der Waals surface area contributed by atoms with Crippen LogP contribution in [-0.4, -0.2) is 36.9 Å². The summed E-state index contributed by atoms with van der Waals surface area (Å²) in [5, 5.41) is 8.94. The van der Waals surface area contributed by atoms with E-state index in [0.717, 1.165) is 19.3 Å². The molecule has 0 unspecified atom stereocenters. The maximum atomic E-state index is 12.7. The average Bonchev–Trinajstić information content (AvgIpc) is 3.21. The lowest BCUT2D eigenvalue weighted by Crippen LogP contribution is -2.34. The van der Waals surface area contributed by atoms with Gasteiger partial charge in [0.05, 0.1) is 10.5 Å². The lowest BCUT2D eigenvalue weighted by Gasteiger charge is -2.22. The van der Waals surface area contributed by atoms with E-state index in [4.69, 9.17) is 5.11 Å². The van der Waals surface area contributed by atoms with Gasteiger partial charge in [-0.1, -0.05) is 6.92 Å². The lowest BCUT2D eigenvalue weighted by molar-refractivity contribution is 0.0696. The van der Waals surface area contributed by atoms with Crippen molar-refractivity contribution >= 4 is 31.9 Å². The molecule has 1 aromatic carbocycles. The molecule has 0 atom stereocenters. The topological polar surface area (TPSA) is 74.7 Å². The van der Waals surface area contributed by atoms with Gasteiger partial charge >= 0.3 is 5.97 Å². The number of carboxylic acid groups (broad SMARTS) is 1. The van der Waals surface area contributed by atoms with Crippen LogP contribution in [0.15, 0.2) is 27.6 Å². The van der Waals surface area contributed by atoms with Gasteiger partial charge in [-0.15, -0.1) is 0 Å². The van der Waals surface area contributed by atoms with Crippen molar-refractivity contribution in [2.45, 2.75) is 31.1 Å². The first-order chi connectivity index (χ1) is 9.86. The Hall–Kier alpha value is -0.920. The van der Waals surface area contributed by atoms with E-state index in [1.807, 2.05) is 6.92 Å². The van der Waals surface area contributed by atoms with E-state index in [0.29, 0.717) is 23.5 Å². The molecule has 7 heteroatoms. The minimum Gasteiger partial charge on any atom is -0.478 e. The molecule has 116 valence electrons. The molecule has 0 saturated heterocycles. The van der Waals surface area contributed by atoms with E-state index < -0.39 is 16.0 Å². The summed E-state index contributed by atoms with van der Waals surface area (Å²) in [7, 11) is -3.60. The van der Waals surface area contributed by atoms with Gasteiger partial charge in [-0.05, 0) is 59.3 Å². The molecule has 0 bridgehead atoms. The van der Waals surface area contributed by atoms with Crippen LogP contribution in [0.5, 0.6) is 0 Å². The summed E-state index contributed by atoms with van der Waals surface area (Å²) in [6.45, 7) is 2.97. The minimum atomic E-state index is -3.60. The smallest absolute Gasteiger partial charge is 0.335 e. The number of benzene rings is 1. The number of hydrogen-bond acceptors (Lipinski definition) is 3. The normalized spacial score (nSPS) is 15.4. The first-order valence-electron chi connectivity index (χ1n) is 6.89. The molecular weight excluding hydrogens is 358 g/mol. The van der Waals surface area contributed by atoms with Gasteiger partial charge in [0.25, 0.3) is 0 Å². The van der Waals surface area contributed by atoms with Crippen molar-refractivity contribution in [2.24, 2.45) is 5.92 Å². The quantitative estimate of drug-likeness (QED) is 0.794. The summed E-state index contributed by atoms with van der Waals surface area (Å²) in [6.07, 6.45) is 2.90. The monoisotopic (exact) mass is 375 g/mol. The number of rotatable bonds is 7. The largest absolute Gasteiger partial charge is 0.478 e. The highest BCUT2D eigenvalue weighted by Gasteiger charge is 2.32.